The number of aromatic nitrogens is 4. The second-order valence-electron chi connectivity index (χ2n) is 17.3. The van der Waals surface area contributed by atoms with Crippen LogP contribution in [0.15, 0.2) is 170 Å². The highest BCUT2D eigenvalue weighted by Crippen LogP contribution is 2.49. The third-order valence-corrected chi connectivity index (χ3v) is 13.5. The number of hydrogen-bond donors (Lipinski definition) is 0. The summed E-state index contributed by atoms with van der Waals surface area (Å²) in [5.41, 5.74) is 10.8. The van der Waals surface area contributed by atoms with Crippen molar-refractivity contribution in [2.75, 3.05) is 0 Å². The van der Waals surface area contributed by atoms with E-state index in [0.29, 0.717) is 55.6 Å². The standard InChI is InChI=1S/C60H40N6/c1-35-21-25-53-43(29-35)39-13-5-9-17-49(39)63(53)57-47(33-61)48(34-62)58(64-50-18-10-6-14-40(50)44-30-36(2)22-26-54(44)64)60(66-52-20-12-8-16-42(52)46-32-38(4)24-28-56(46)66)59(57)65-51-19-11-7-15-41(51)45-31-37(3)23-27-55(45)65/h5-32H,1-4H3/i1D3,2D3. The molecule has 13 aromatic rings. The molecule has 0 saturated heterocycles. The average molecular weight is 851 g/mol. The molecule has 9 aromatic carbocycles. The Morgan fingerprint density at radius 3 is 0.879 bits per heavy atom. The largest absolute Gasteiger partial charge is 0.306 e. The van der Waals surface area contributed by atoms with Gasteiger partial charge in [-0.3, -0.25) is 0 Å². The topological polar surface area (TPSA) is 67.3 Å². The molecular weight excluding hydrogens is 805 g/mol. The van der Waals surface area contributed by atoms with Gasteiger partial charge in [-0.15, -0.1) is 0 Å². The van der Waals surface area contributed by atoms with Gasteiger partial charge >= 0.3 is 0 Å². The number of nitrogens with zero attached hydrogens (tertiary/aromatic N) is 6. The number of para-hydroxylation sites is 4. The van der Waals surface area contributed by atoms with Crippen LogP contribution in [0.25, 0.3) is 110 Å². The summed E-state index contributed by atoms with van der Waals surface area (Å²) in [4.78, 5) is 0. The molecule has 0 saturated carbocycles. The summed E-state index contributed by atoms with van der Waals surface area (Å²) >= 11 is 0. The highest BCUT2D eigenvalue weighted by Gasteiger charge is 2.34. The van der Waals surface area contributed by atoms with Crippen molar-refractivity contribution in [3.8, 4) is 34.9 Å². The molecule has 0 atom stereocenters. The maximum absolute atomic E-state index is 12.1. The Morgan fingerprint density at radius 2 is 0.576 bits per heavy atom. The maximum atomic E-state index is 12.1. The Hall–Kier alpha value is -8.84. The van der Waals surface area contributed by atoms with E-state index >= 15 is 0 Å². The molecule has 0 unspecified atom stereocenters. The van der Waals surface area contributed by atoms with Gasteiger partial charge in [0.05, 0.1) is 78.0 Å². The predicted molar refractivity (Wildman–Crippen MR) is 272 cm³/mol. The van der Waals surface area contributed by atoms with Crippen LogP contribution in [0.3, 0.4) is 0 Å². The first kappa shape index (κ1) is 31.9. The van der Waals surface area contributed by atoms with E-state index in [1.807, 2.05) is 94.1 Å². The molecule has 0 spiro atoms. The van der Waals surface area contributed by atoms with Crippen molar-refractivity contribution >= 4 is 87.2 Å². The first-order valence-corrected chi connectivity index (χ1v) is 21.9. The van der Waals surface area contributed by atoms with Crippen molar-refractivity contribution in [3.63, 3.8) is 0 Å². The SMILES string of the molecule is [2H]C([2H])([2H])c1ccc2c(c1)c1ccccc1n2-c1c(C#N)c(C#N)c(-n2c3ccccc3c3cc(C([2H])([2H])[2H])ccc32)c(-n2c3ccccc3c3cc(C)ccc32)c1-n1c2ccccc2c2cc(C)ccc21. The lowest BCUT2D eigenvalue weighted by Gasteiger charge is -2.27. The van der Waals surface area contributed by atoms with Crippen LogP contribution in [0.5, 0.6) is 0 Å². The smallest absolute Gasteiger partial charge is 0.103 e. The number of benzene rings is 9. The summed E-state index contributed by atoms with van der Waals surface area (Å²) < 4.78 is 59.3. The van der Waals surface area contributed by atoms with Gasteiger partial charge in [-0.2, -0.15) is 10.5 Å². The molecule has 0 aliphatic carbocycles. The van der Waals surface area contributed by atoms with E-state index < -0.39 is 13.7 Å². The zero-order chi connectivity index (χ0) is 49.5. The van der Waals surface area contributed by atoms with Crippen molar-refractivity contribution in [3.05, 3.63) is 203 Å². The molecule has 6 nitrogen and oxygen atoms in total. The highest BCUT2D eigenvalue weighted by atomic mass is 15.1. The molecule has 310 valence electrons. The molecule has 6 heteroatoms. The first-order valence-electron chi connectivity index (χ1n) is 24.9. The Morgan fingerprint density at radius 1 is 0.318 bits per heavy atom. The van der Waals surface area contributed by atoms with E-state index in [1.54, 1.807) is 24.3 Å². The van der Waals surface area contributed by atoms with Gasteiger partial charge in [0.2, 0.25) is 0 Å². The normalized spacial score (nSPS) is 13.6. The van der Waals surface area contributed by atoms with E-state index in [-0.39, 0.29) is 22.3 Å². The maximum Gasteiger partial charge on any atom is 0.103 e. The van der Waals surface area contributed by atoms with Crippen LogP contribution in [-0.4, -0.2) is 18.3 Å². The zero-order valence-electron chi connectivity index (χ0n) is 41.8. The molecular formula is C60H40N6. The van der Waals surface area contributed by atoms with Crippen LogP contribution in [0, 0.1) is 50.2 Å². The molecule has 0 N–H and O–H groups in total. The Balaban J connectivity index is 1.38. The quantitative estimate of drug-likeness (QED) is 0.177. The molecule has 66 heavy (non-hydrogen) atoms. The fourth-order valence-electron chi connectivity index (χ4n) is 10.9. The van der Waals surface area contributed by atoms with Gasteiger partial charge in [0.25, 0.3) is 0 Å². The minimum absolute atomic E-state index is 0.0912. The molecule has 0 bridgehead atoms. The van der Waals surface area contributed by atoms with Gasteiger partial charge in [0, 0.05) is 51.3 Å². The molecule has 0 aliphatic rings. The number of fused-ring (bicyclic) bond motifs is 12. The second-order valence-corrected chi connectivity index (χ2v) is 17.3. The Bertz CT molecular complexity index is 4310. The number of aryl methyl sites for hydroxylation is 4. The van der Waals surface area contributed by atoms with Gasteiger partial charge in [-0.05, 0) is 100 Å². The summed E-state index contributed by atoms with van der Waals surface area (Å²) in [6.45, 7) is -0.652. The average Bonchev–Trinajstić information content (AvgIpc) is 4.09. The van der Waals surface area contributed by atoms with Crippen molar-refractivity contribution in [1.82, 2.24) is 18.3 Å². The highest BCUT2D eigenvalue weighted by molar-refractivity contribution is 6.16. The molecule has 0 fully saturated rings. The van der Waals surface area contributed by atoms with Crippen LogP contribution in [0.2, 0.25) is 0 Å². The van der Waals surface area contributed by atoms with Crippen molar-refractivity contribution in [2.24, 2.45) is 0 Å². The molecule has 0 amide bonds. The van der Waals surface area contributed by atoms with Crippen LogP contribution in [-0.2, 0) is 0 Å². The fraction of sp³-hybridized carbons (Fsp3) is 0.0667. The van der Waals surface area contributed by atoms with Crippen LogP contribution >= 0.6 is 0 Å². The summed E-state index contributed by atoms with van der Waals surface area (Å²) in [6, 6.07) is 60.4. The van der Waals surface area contributed by atoms with Gasteiger partial charge < -0.3 is 18.3 Å². The van der Waals surface area contributed by atoms with Gasteiger partial charge in [0.15, 0.2) is 0 Å². The summed E-state index contributed by atoms with van der Waals surface area (Å²) in [7, 11) is 0. The van der Waals surface area contributed by atoms with E-state index in [2.05, 4.69) is 95.8 Å². The summed E-state index contributed by atoms with van der Waals surface area (Å²) in [5, 5.41) is 31.0. The van der Waals surface area contributed by atoms with E-state index in [9.17, 15) is 10.5 Å². The Labute approximate surface area is 388 Å². The second kappa shape index (κ2) is 13.8. The fourth-order valence-corrected chi connectivity index (χ4v) is 10.9. The predicted octanol–water partition coefficient (Wildman–Crippen LogP) is 15.1. The molecule has 0 aliphatic heterocycles. The molecule has 4 heterocycles. The summed E-state index contributed by atoms with van der Waals surface area (Å²) in [5.74, 6) is 0. The zero-order valence-corrected chi connectivity index (χ0v) is 35.8. The lowest BCUT2D eigenvalue weighted by atomic mass is 9.98. The van der Waals surface area contributed by atoms with Crippen molar-refractivity contribution < 1.29 is 8.22 Å². The minimum atomic E-state index is -2.40. The minimum Gasteiger partial charge on any atom is -0.306 e. The van der Waals surface area contributed by atoms with E-state index in [1.165, 1.54) is 0 Å². The summed E-state index contributed by atoms with van der Waals surface area (Å²) in [6.07, 6.45) is 0. The number of hydrogen-bond acceptors (Lipinski definition) is 2. The van der Waals surface area contributed by atoms with Gasteiger partial charge in [0.1, 0.15) is 12.1 Å². The first-order chi connectivity index (χ1) is 34.8. The molecule has 13 rings (SSSR count). The van der Waals surface area contributed by atoms with Gasteiger partial charge in [-0.25, -0.2) is 0 Å². The lowest BCUT2D eigenvalue weighted by molar-refractivity contribution is 1.01. The van der Waals surface area contributed by atoms with Gasteiger partial charge in [-0.1, -0.05) is 119 Å². The lowest BCUT2D eigenvalue weighted by Crippen LogP contribution is -2.17. The number of rotatable bonds is 4. The molecule has 4 aromatic heterocycles. The van der Waals surface area contributed by atoms with Crippen LogP contribution in [0.4, 0.5) is 0 Å². The van der Waals surface area contributed by atoms with E-state index in [0.717, 1.165) is 65.5 Å². The van der Waals surface area contributed by atoms with E-state index in [4.69, 9.17) is 8.22 Å². The third-order valence-electron chi connectivity index (χ3n) is 13.5. The Kier molecular flexibility index (Phi) is 6.69. The van der Waals surface area contributed by atoms with Crippen LogP contribution in [0.1, 0.15) is 41.6 Å². The third kappa shape index (κ3) is 5.04. The van der Waals surface area contributed by atoms with Crippen LogP contribution < -0.4 is 0 Å². The number of nitriles is 2. The van der Waals surface area contributed by atoms with Crippen molar-refractivity contribution in [1.29, 1.82) is 10.5 Å². The molecule has 0 radical (unpaired) electrons. The van der Waals surface area contributed by atoms with Crippen molar-refractivity contribution in [2.45, 2.75) is 27.6 Å². The monoisotopic (exact) mass is 850 g/mol.